The molecule has 38 heavy (non-hydrogen) atoms. The summed E-state index contributed by atoms with van der Waals surface area (Å²) in [5, 5.41) is 3.45. The molecule has 4 fully saturated rings. The summed E-state index contributed by atoms with van der Waals surface area (Å²) >= 11 is 0. The first-order valence-corrected chi connectivity index (χ1v) is 14.6. The van der Waals surface area contributed by atoms with E-state index < -0.39 is 0 Å². The van der Waals surface area contributed by atoms with E-state index in [2.05, 4.69) is 24.1 Å². The zero-order valence-corrected chi connectivity index (χ0v) is 23.1. The minimum atomic E-state index is 0.0247. The lowest BCUT2D eigenvalue weighted by Gasteiger charge is -2.61. The molecule has 2 unspecified atom stereocenters. The van der Waals surface area contributed by atoms with Gasteiger partial charge in [0.15, 0.2) is 0 Å². The smallest absolute Gasteiger partial charge is 0.251 e. The van der Waals surface area contributed by atoms with Crippen molar-refractivity contribution < 1.29 is 14.3 Å². The predicted molar refractivity (Wildman–Crippen MR) is 149 cm³/mol. The van der Waals surface area contributed by atoms with Crippen molar-refractivity contribution in [2.45, 2.75) is 83.9 Å². The van der Waals surface area contributed by atoms with Crippen molar-refractivity contribution in [3.63, 3.8) is 0 Å². The quantitative estimate of drug-likeness (QED) is 0.515. The van der Waals surface area contributed by atoms with Crippen LogP contribution in [0.5, 0.6) is 5.75 Å². The fraction of sp³-hybridized carbons (Fsp3) is 0.576. The summed E-state index contributed by atoms with van der Waals surface area (Å²) in [6.45, 7) is 5.43. The molecule has 0 bridgehead atoms. The van der Waals surface area contributed by atoms with Gasteiger partial charge >= 0.3 is 0 Å². The van der Waals surface area contributed by atoms with Gasteiger partial charge < -0.3 is 15.0 Å². The van der Waals surface area contributed by atoms with Crippen LogP contribution in [-0.2, 0) is 11.4 Å². The monoisotopic (exact) mass is 514 g/mol. The van der Waals surface area contributed by atoms with Crippen molar-refractivity contribution in [3.05, 3.63) is 65.7 Å². The van der Waals surface area contributed by atoms with Crippen LogP contribution in [0.1, 0.15) is 81.1 Å². The van der Waals surface area contributed by atoms with Gasteiger partial charge in [0.25, 0.3) is 5.91 Å². The summed E-state index contributed by atoms with van der Waals surface area (Å²) < 4.78 is 5.90. The Hall–Kier alpha value is -2.82. The Balaban J connectivity index is 1.10. The van der Waals surface area contributed by atoms with Crippen molar-refractivity contribution >= 4 is 11.8 Å². The van der Waals surface area contributed by atoms with Gasteiger partial charge in [0, 0.05) is 31.1 Å². The van der Waals surface area contributed by atoms with Crippen molar-refractivity contribution in [2.75, 3.05) is 7.05 Å². The number of ether oxygens (including phenoxy) is 1. The zero-order valence-electron chi connectivity index (χ0n) is 23.1. The molecule has 1 aliphatic heterocycles. The number of carbonyl (C=O) groups is 2. The molecule has 2 aromatic rings. The van der Waals surface area contributed by atoms with Gasteiger partial charge in [0.1, 0.15) is 12.4 Å². The molecule has 7 atom stereocenters. The maximum Gasteiger partial charge on any atom is 0.251 e. The summed E-state index contributed by atoms with van der Waals surface area (Å²) in [6, 6.07) is 18.3. The zero-order chi connectivity index (χ0) is 26.5. The normalized spacial score (nSPS) is 36.1. The SMILES string of the molecule is CN1C(=O)CC[C@@]2(C)C1CC[C@@H]1[C@H]2CC[C@]2(C)C(NC(=O)c3ccc(OCc4ccccc4)cc3)CC[C@@H]12. The topological polar surface area (TPSA) is 58.6 Å². The molecule has 1 N–H and O–H groups in total. The fourth-order valence-corrected chi connectivity index (χ4v) is 9.07. The van der Waals surface area contributed by atoms with Crippen LogP contribution in [0.25, 0.3) is 0 Å². The van der Waals surface area contributed by atoms with Crippen molar-refractivity contribution in [1.82, 2.24) is 10.2 Å². The highest BCUT2D eigenvalue weighted by Crippen LogP contribution is 2.64. The van der Waals surface area contributed by atoms with Crippen molar-refractivity contribution in [3.8, 4) is 5.75 Å². The lowest BCUT2D eigenvalue weighted by Crippen LogP contribution is -2.62. The van der Waals surface area contributed by atoms with Crippen LogP contribution in [0.3, 0.4) is 0 Å². The molecular weight excluding hydrogens is 472 g/mol. The van der Waals surface area contributed by atoms with Gasteiger partial charge in [-0.25, -0.2) is 0 Å². The van der Waals surface area contributed by atoms with Gasteiger partial charge in [0.2, 0.25) is 5.91 Å². The molecule has 202 valence electrons. The van der Waals surface area contributed by atoms with Crippen LogP contribution in [0.4, 0.5) is 0 Å². The van der Waals surface area contributed by atoms with E-state index in [4.69, 9.17) is 4.74 Å². The average molecular weight is 515 g/mol. The third kappa shape index (κ3) is 4.23. The van der Waals surface area contributed by atoms with Crippen LogP contribution in [0.2, 0.25) is 0 Å². The molecule has 6 rings (SSSR count). The summed E-state index contributed by atoms with van der Waals surface area (Å²) in [4.78, 5) is 27.8. The molecule has 5 nitrogen and oxygen atoms in total. The minimum absolute atomic E-state index is 0.0247. The number of nitrogens with one attached hydrogen (secondary N) is 1. The molecule has 3 saturated carbocycles. The average Bonchev–Trinajstić information content (AvgIpc) is 3.26. The standard InChI is InChI=1S/C33H42N2O3/c1-32-19-17-27-25(13-16-29-33(27,2)20-18-30(36)35(29)3)26(32)14-15-28(32)34-31(37)23-9-11-24(12-10-23)38-21-22-7-5-4-6-8-22/h4-12,25-29H,13-21H2,1-3H3,(H,34,37)/t25-,26-,27+,28?,29?,32-,33+/m0/s1. The molecule has 4 aliphatic rings. The van der Waals surface area contributed by atoms with Crippen LogP contribution < -0.4 is 10.1 Å². The van der Waals surface area contributed by atoms with E-state index in [1.54, 1.807) is 0 Å². The third-order valence-electron chi connectivity index (χ3n) is 11.2. The largest absolute Gasteiger partial charge is 0.489 e. The Kier molecular flexibility index (Phi) is 6.52. The molecule has 5 heteroatoms. The number of benzene rings is 2. The van der Waals surface area contributed by atoms with Gasteiger partial charge in [-0.2, -0.15) is 0 Å². The molecule has 2 amide bonds. The Morgan fingerprint density at radius 1 is 0.921 bits per heavy atom. The van der Waals surface area contributed by atoms with Gasteiger partial charge in [-0.15, -0.1) is 0 Å². The number of fused-ring (bicyclic) bond motifs is 5. The summed E-state index contributed by atoms with van der Waals surface area (Å²) in [7, 11) is 2.03. The maximum atomic E-state index is 13.3. The van der Waals surface area contributed by atoms with E-state index >= 15 is 0 Å². The number of carbonyl (C=O) groups excluding carboxylic acids is 2. The first-order valence-electron chi connectivity index (χ1n) is 14.6. The number of hydrogen-bond acceptors (Lipinski definition) is 3. The van der Waals surface area contributed by atoms with E-state index in [0.717, 1.165) is 37.0 Å². The van der Waals surface area contributed by atoms with Crippen LogP contribution in [0.15, 0.2) is 54.6 Å². The Bertz CT molecular complexity index is 1180. The molecule has 0 spiro atoms. The summed E-state index contributed by atoms with van der Waals surface area (Å²) in [5.74, 6) is 3.17. The second kappa shape index (κ2) is 9.73. The molecule has 3 aliphatic carbocycles. The molecule has 1 heterocycles. The third-order valence-corrected chi connectivity index (χ3v) is 11.2. The van der Waals surface area contributed by atoms with Gasteiger partial charge in [0.05, 0.1) is 0 Å². The summed E-state index contributed by atoms with van der Waals surface area (Å²) in [5.41, 5.74) is 2.20. The maximum absolute atomic E-state index is 13.3. The number of nitrogens with zero attached hydrogens (tertiary/aromatic N) is 1. The molecular formula is C33H42N2O3. The van der Waals surface area contributed by atoms with Crippen LogP contribution >= 0.6 is 0 Å². The van der Waals surface area contributed by atoms with E-state index in [9.17, 15) is 9.59 Å². The van der Waals surface area contributed by atoms with Gasteiger partial charge in [-0.1, -0.05) is 44.2 Å². The van der Waals surface area contributed by atoms with Gasteiger partial charge in [-0.05, 0) is 103 Å². The molecule has 2 aromatic carbocycles. The van der Waals surface area contributed by atoms with Crippen LogP contribution in [-0.4, -0.2) is 35.8 Å². The van der Waals surface area contributed by atoms with E-state index in [-0.39, 0.29) is 22.8 Å². The number of amides is 2. The van der Waals surface area contributed by atoms with E-state index in [1.807, 2.05) is 61.6 Å². The first kappa shape index (κ1) is 25.5. The Morgan fingerprint density at radius 3 is 2.42 bits per heavy atom. The van der Waals surface area contributed by atoms with E-state index in [1.165, 1.54) is 19.3 Å². The predicted octanol–water partition coefficient (Wildman–Crippen LogP) is 6.23. The number of hydrogen-bond donors (Lipinski definition) is 1. The van der Waals surface area contributed by atoms with E-state index in [0.29, 0.717) is 48.3 Å². The second-order valence-corrected chi connectivity index (χ2v) is 12.9. The Labute approximate surface area is 227 Å². The highest BCUT2D eigenvalue weighted by molar-refractivity contribution is 5.94. The highest BCUT2D eigenvalue weighted by Gasteiger charge is 2.61. The summed E-state index contributed by atoms with van der Waals surface area (Å²) in [6.07, 6.45) is 8.72. The molecule has 1 saturated heterocycles. The molecule has 0 radical (unpaired) electrons. The van der Waals surface area contributed by atoms with Crippen molar-refractivity contribution in [1.29, 1.82) is 0 Å². The minimum Gasteiger partial charge on any atom is -0.489 e. The Morgan fingerprint density at radius 2 is 1.66 bits per heavy atom. The number of piperidine rings is 1. The number of rotatable bonds is 5. The first-order chi connectivity index (χ1) is 18.3. The van der Waals surface area contributed by atoms with Gasteiger partial charge in [-0.3, -0.25) is 9.59 Å². The highest BCUT2D eigenvalue weighted by atomic mass is 16.5. The molecule has 0 aromatic heterocycles. The van der Waals surface area contributed by atoms with Crippen LogP contribution in [0, 0.1) is 28.6 Å². The second-order valence-electron chi connectivity index (χ2n) is 12.9. The lowest BCUT2D eigenvalue weighted by atomic mass is 9.47. The number of likely N-dealkylation sites (tertiary alicyclic amines) is 1. The fourth-order valence-electron chi connectivity index (χ4n) is 9.07. The lowest BCUT2D eigenvalue weighted by molar-refractivity contribution is -0.157. The van der Waals surface area contributed by atoms with Crippen molar-refractivity contribution in [2.24, 2.45) is 28.6 Å².